The van der Waals surface area contributed by atoms with Crippen molar-refractivity contribution < 1.29 is 14.6 Å². The van der Waals surface area contributed by atoms with Crippen molar-refractivity contribution in [3.8, 4) is 28.3 Å². The third kappa shape index (κ3) is 6.00. The van der Waals surface area contributed by atoms with Crippen LogP contribution in [0.4, 0.5) is 5.95 Å². The number of likely N-dealkylation sites (N-methyl/N-ethyl adjacent to an activating group) is 1. The Morgan fingerprint density at radius 1 is 1.06 bits per heavy atom. The van der Waals surface area contributed by atoms with Crippen LogP contribution >= 0.6 is 0 Å². The molecular formula is C24H29N5O3. The van der Waals surface area contributed by atoms with Crippen molar-refractivity contribution in [2.75, 3.05) is 38.7 Å². The van der Waals surface area contributed by atoms with Gasteiger partial charge in [-0.2, -0.15) is 0 Å². The summed E-state index contributed by atoms with van der Waals surface area (Å²) in [4.78, 5) is 13.7. The predicted octanol–water partition coefficient (Wildman–Crippen LogP) is 2.76. The van der Waals surface area contributed by atoms with Crippen LogP contribution in [0.15, 0.2) is 54.9 Å². The monoisotopic (exact) mass is 435 g/mol. The molecule has 0 aliphatic carbocycles. The molecule has 1 saturated heterocycles. The maximum atomic E-state index is 9.92. The number of anilines is 1. The van der Waals surface area contributed by atoms with Gasteiger partial charge >= 0.3 is 0 Å². The highest BCUT2D eigenvalue weighted by Gasteiger charge is 2.16. The van der Waals surface area contributed by atoms with Gasteiger partial charge in [0.2, 0.25) is 5.95 Å². The normalized spacial score (nSPS) is 15.3. The van der Waals surface area contributed by atoms with Crippen LogP contribution in [0.25, 0.3) is 22.5 Å². The summed E-state index contributed by atoms with van der Waals surface area (Å²) in [6.07, 6.45) is 4.80. The minimum absolute atomic E-state index is 0.215. The third-order valence-corrected chi connectivity index (χ3v) is 5.27. The van der Waals surface area contributed by atoms with Gasteiger partial charge in [-0.15, -0.1) is 0 Å². The summed E-state index contributed by atoms with van der Waals surface area (Å²) in [6.45, 7) is 2.18. The summed E-state index contributed by atoms with van der Waals surface area (Å²) in [5.41, 5.74) is 3.50. The Kier molecular flexibility index (Phi) is 7.60. The molecule has 0 bridgehead atoms. The molecule has 3 N–H and O–H groups in total. The SMILES string of the molecule is CNCC(O)COc1cccc(-c2cc(-c3ccncc3)nc(NC3CCOCC3)n2)c1. The first kappa shape index (κ1) is 22.1. The average Bonchev–Trinajstić information content (AvgIpc) is 2.84. The molecule has 3 heterocycles. The van der Waals surface area contributed by atoms with Crippen molar-refractivity contribution in [3.05, 3.63) is 54.9 Å². The lowest BCUT2D eigenvalue weighted by molar-refractivity contribution is 0.0903. The van der Waals surface area contributed by atoms with E-state index in [-0.39, 0.29) is 12.6 Å². The number of aliphatic hydroxyl groups excluding tert-OH is 1. The van der Waals surface area contributed by atoms with Gasteiger partial charge < -0.3 is 25.2 Å². The maximum Gasteiger partial charge on any atom is 0.224 e. The van der Waals surface area contributed by atoms with E-state index in [9.17, 15) is 5.11 Å². The highest BCUT2D eigenvalue weighted by atomic mass is 16.5. The van der Waals surface area contributed by atoms with Gasteiger partial charge in [0.15, 0.2) is 0 Å². The number of rotatable bonds is 9. The number of nitrogens with zero attached hydrogens (tertiary/aromatic N) is 3. The van der Waals surface area contributed by atoms with E-state index >= 15 is 0 Å². The number of aromatic nitrogens is 3. The molecule has 2 aromatic heterocycles. The molecule has 8 heteroatoms. The van der Waals surface area contributed by atoms with Crippen molar-refractivity contribution in [2.45, 2.75) is 25.0 Å². The molecule has 0 amide bonds. The van der Waals surface area contributed by atoms with Crippen LogP contribution in [0.5, 0.6) is 5.75 Å². The van der Waals surface area contributed by atoms with Gasteiger partial charge in [-0.05, 0) is 50.2 Å². The van der Waals surface area contributed by atoms with Gasteiger partial charge in [-0.25, -0.2) is 9.97 Å². The first-order valence-electron chi connectivity index (χ1n) is 10.9. The minimum atomic E-state index is -0.573. The van der Waals surface area contributed by atoms with Gasteiger partial charge in [0.25, 0.3) is 0 Å². The quantitative estimate of drug-likeness (QED) is 0.472. The van der Waals surface area contributed by atoms with Crippen molar-refractivity contribution >= 4 is 5.95 Å². The molecule has 168 valence electrons. The molecule has 1 aliphatic heterocycles. The summed E-state index contributed by atoms with van der Waals surface area (Å²) in [5, 5.41) is 16.3. The molecule has 1 aliphatic rings. The second kappa shape index (κ2) is 11.0. The lowest BCUT2D eigenvalue weighted by Gasteiger charge is -2.23. The lowest BCUT2D eigenvalue weighted by atomic mass is 10.1. The van der Waals surface area contributed by atoms with E-state index in [1.165, 1.54) is 0 Å². The smallest absolute Gasteiger partial charge is 0.224 e. The van der Waals surface area contributed by atoms with E-state index in [1.54, 1.807) is 19.4 Å². The highest BCUT2D eigenvalue weighted by molar-refractivity contribution is 5.70. The van der Waals surface area contributed by atoms with Gasteiger partial charge in [0, 0.05) is 49.3 Å². The fourth-order valence-corrected chi connectivity index (χ4v) is 3.59. The standard InChI is InChI=1S/C24H29N5O3/c1-25-15-20(30)16-32-21-4-2-3-18(13-21)23-14-22(17-5-9-26-10-6-17)28-24(29-23)27-19-7-11-31-12-8-19/h2-6,9-10,13-14,19-20,25,30H,7-8,11-12,15-16H2,1H3,(H,27,28,29). The number of hydrogen-bond acceptors (Lipinski definition) is 8. The second-order valence-corrected chi connectivity index (χ2v) is 7.78. The molecule has 1 aromatic carbocycles. The number of pyridine rings is 1. The Hall–Kier alpha value is -3.07. The zero-order valence-electron chi connectivity index (χ0n) is 18.2. The van der Waals surface area contributed by atoms with Crippen LogP contribution in [0.2, 0.25) is 0 Å². The Morgan fingerprint density at radius 3 is 2.56 bits per heavy atom. The zero-order chi connectivity index (χ0) is 22.2. The first-order valence-corrected chi connectivity index (χ1v) is 10.9. The Balaban J connectivity index is 1.62. The number of benzene rings is 1. The summed E-state index contributed by atoms with van der Waals surface area (Å²) in [7, 11) is 1.80. The summed E-state index contributed by atoms with van der Waals surface area (Å²) in [6, 6.07) is 13.9. The molecule has 3 aromatic rings. The number of aliphatic hydroxyl groups is 1. The van der Waals surface area contributed by atoms with Crippen molar-refractivity contribution in [2.24, 2.45) is 0 Å². The minimum Gasteiger partial charge on any atom is -0.491 e. The van der Waals surface area contributed by atoms with Crippen LogP contribution in [-0.4, -0.2) is 65.6 Å². The van der Waals surface area contributed by atoms with Crippen LogP contribution < -0.4 is 15.4 Å². The fourth-order valence-electron chi connectivity index (χ4n) is 3.59. The van der Waals surface area contributed by atoms with Crippen molar-refractivity contribution in [1.82, 2.24) is 20.3 Å². The largest absolute Gasteiger partial charge is 0.491 e. The third-order valence-electron chi connectivity index (χ3n) is 5.27. The molecule has 32 heavy (non-hydrogen) atoms. The Labute approximate surface area is 188 Å². The highest BCUT2D eigenvalue weighted by Crippen LogP contribution is 2.28. The first-order chi connectivity index (χ1) is 15.7. The average molecular weight is 436 g/mol. The number of hydrogen-bond donors (Lipinski definition) is 3. The van der Waals surface area contributed by atoms with Crippen molar-refractivity contribution in [3.63, 3.8) is 0 Å². The van der Waals surface area contributed by atoms with Crippen LogP contribution in [0.3, 0.4) is 0 Å². The molecule has 1 atom stereocenters. The van der Waals surface area contributed by atoms with Crippen LogP contribution in [0.1, 0.15) is 12.8 Å². The second-order valence-electron chi connectivity index (χ2n) is 7.78. The summed E-state index contributed by atoms with van der Waals surface area (Å²) >= 11 is 0. The molecule has 1 fully saturated rings. The topological polar surface area (TPSA) is 101 Å². The molecule has 0 radical (unpaired) electrons. The van der Waals surface area contributed by atoms with E-state index in [1.807, 2.05) is 42.5 Å². The zero-order valence-corrected chi connectivity index (χ0v) is 18.2. The van der Waals surface area contributed by atoms with Gasteiger partial charge in [0.05, 0.1) is 11.4 Å². The predicted molar refractivity (Wildman–Crippen MR) is 124 cm³/mol. The molecule has 0 spiro atoms. The number of nitrogens with one attached hydrogen (secondary N) is 2. The van der Waals surface area contributed by atoms with Gasteiger partial charge in [-0.3, -0.25) is 4.98 Å². The summed E-state index contributed by atoms with van der Waals surface area (Å²) < 4.78 is 11.2. The molecular weight excluding hydrogens is 406 g/mol. The van der Waals surface area contributed by atoms with Gasteiger partial charge in [0.1, 0.15) is 18.5 Å². The molecule has 1 unspecified atom stereocenters. The molecule has 0 saturated carbocycles. The van der Waals surface area contributed by atoms with Crippen LogP contribution in [-0.2, 0) is 4.74 Å². The van der Waals surface area contributed by atoms with E-state index in [0.29, 0.717) is 18.2 Å². The van der Waals surface area contributed by atoms with E-state index < -0.39 is 6.10 Å². The van der Waals surface area contributed by atoms with Gasteiger partial charge in [-0.1, -0.05) is 12.1 Å². The molecule has 8 nitrogen and oxygen atoms in total. The Morgan fingerprint density at radius 2 is 1.81 bits per heavy atom. The van der Waals surface area contributed by atoms with E-state index in [4.69, 9.17) is 19.4 Å². The van der Waals surface area contributed by atoms with E-state index in [0.717, 1.165) is 48.6 Å². The van der Waals surface area contributed by atoms with E-state index in [2.05, 4.69) is 15.6 Å². The van der Waals surface area contributed by atoms with Crippen molar-refractivity contribution in [1.29, 1.82) is 0 Å². The fraction of sp³-hybridized carbons (Fsp3) is 0.375. The van der Waals surface area contributed by atoms with Crippen LogP contribution in [0, 0.1) is 0 Å². The Bertz CT molecular complexity index is 996. The maximum absolute atomic E-state index is 9.92. The lowest BCUT2D eigenvalue weighted by Crippen LogP contribution is -2.29. The molecule has 4 rings (SSSR count). The summed E-state index contributed by atoms with van der Waals surface area (Å²) in [5.74, 6) is 1.28. The number of ether oxygens (including phenoxy) is 2.